The van der Waals surface area contributed by atoms with Gasteiger partial charge in [-0.2, -0.15) is 9.99 Å². The highest BCUT2D eigenvalue weighted by Crippen LogP contribution is 2.38. The molecular formula is C11H10Cl3N9O2. The van der Waals surface area contributed by atoms with Crippen LogP contribution in [-0.4, -0.2) is 27.2 Å². The van der Waals surface area contributed by atoms with Gasteiger partial charge in [0, 0.05) is 10.6 Å². The molecule has 0 fully saturated rings. The molecule has 0 aliphatic heterocycles. The van der Waals surface area contributed by atoms with Crippen molar-refractivity contribution in [3.05, 3.63) is 27.2 Å². The Labute approximate surface area is 155 Å². The fourth-order valence-corrected chi connectivity index (χ4v) is 2.38. The second-order valence-electron chi connectivity index (χ2n) is 4.45. The van der Waals surface area contributed by atoms with Crippen LogP contribution in [0.25, 0.3) is 11.3 Å². The van der Waals surface area contributed by atoms with Crippen LogP contribution in [0.3, 0.4) is 0 Å². The number of aromatic nitrogens is 3. The van der Waals surface area contributed by atoms with E-state index in [1.165, 1.54) is 12.1 Å². The van der Waals surface area contributed by atoms with Gasteiger partial charge in [0.15, 0.2) is 5.82 Å². The van der Waals surface area contributed by atoms with Crippen LogP contribution in [0, 0.1) is 0 Å². The number of carbonyl (C=O) groups excluding carboxylic acids is 2. The van der Waals surface area contributed by atoms with Gasteiger partial charge in [-0.15, -0.1) is 10.2 Å². The average molecular weight is 407 g/mol. The molecule has 8 N–H and O–H groups in total. The van der Waals surface area contributed by atoms with E-state index in [1.54, 1.807) is 0 Å². The Morgan fingerprint density at radius 3 is 2.12 bits per heavy atom. The predicted octanol–water partition coefficient (Wildman–Crippen LogP) is 1.02. The van der Waals surface area contributed by atoms with Crippen molar-refractivity contribution in [2.45, 2.75) is 0 Å². The third kappa shape index (κ3) is 3.81. The number of halogens is 3. The number of urea groups is 2. The number of primary amides is 2. The normalized spacial score (nSPS) is 10.4. The van der Waals surface area contributed by atoms with E-state index in [4.69, 9.17) is 58.0 Å². The largest absolute Gasteiger partial charge is 0.350 e. The van der Waals surface area contributed by atoms with E-state index >= 15 is 0 Å². The molecule has 0 bridgehead atoms. The summed E-state index contributed by atoms with van der Waals surface area (Å²) in [4.78, 5) is 26.4. The summed E-state index contributed by atoms with van der Waals surface area (Å²) in [5.41, 5.74) is 10.3. The van der Waals surface area contributed by atoms with Crippen LogP contribution in [0.1, 0.15) is 0 Å². The number of hydrogen-bond acceptors (Lipinski definition) is 7. The van der Waals surface area contributed by atoms with Crippen molar-refractivity contribution in [2.75, 3.05) is 10.0 Å². The van der Waals surface area contributed by atoms with Crippen LogP contribution in [-0.2, 0) is 0 Å². The van der Waals surface area contributed by atoms with Gasteiger partial charge in [-0.3, -0.25) is 0 Å². The van der Waals surface area contributed by atoms with Crippen molar-refractivity contribution in [1.29, 1.82) is 0 Å². The number of amides is 4. The molecule has 4 amide bonds. The third-order valence-corrected chi connectivity index (χ3v) is 3.84. The van der Waals surface area contributed by atoms with Crippen molar-refractivity contribution in [1.82, 2.24) is 15.2 Å². The number of carbonyl (C=O) groups is 2. The Morgan fingerprint density at radius 1 is 0.960 bits per heavy atom. The number of rotatable bonds is 3. The van der Waals surface area contributed by atoms with Gasteiger partial charge in [-0.05, 0) is 12.1 Å². The van der Waals surface area contributed by atoms with Crippen LogP contribution in [0.5, 0.6) is 0 Å². The predicted molar refractivity (Wildman–Crippen MR) is 92.8 cm³/mol. The van der Waals surface area contributed by atoms with Crippen molar-refractivity contribution in [3.63, 3.8) is 0 Å². The number of hydrazine groups is 2. The van der Waals surface area contributed by atoms with Crippen molar-refractivity contribution >= 4 is 58.6 Å². The van der Waals surface area contributed by atoms with Gasteiger partial charge >= 0.3 is 12.1 Å². The molecule has 1 heterocycles. The van der Waals surface area contributed by atoms with Gasteiger partial charge in [-0.1, -0.05) is 34.8 Å². The van der Waals surface area contributed by atoms with Gasteiger partial charge in [0.05, 0.1) is 10.0 Å². The average Bonchev–Trinajstić information content (AvgIpc) is 2.56. The number of nitrogens with zero attached hydrogens (tertiary/aromatic N) is 5. The quantitative estimate of drug-likeness (QED) is 0.253. The van der Waals surface area contributed by atoms with E-state index in [1.807, 2.05) is 0 Å². The van der Waals surface area contributed by atoms with E-state index in [0.717, 1.165) is 0 Å². The summed E-state index contributed by atoms with van der Waals surface area (Å²) in [7, 11) is 0. The second kappa shape index (κ2) is 7.21. The Morgan fingerprint density at radius 2 is 1.56 bits per heavy atom. The zero-order valence-corrected chi connectivity index (χ0v) is 14.4. The minimum Gasteiger partial charge on any atom is -0.350 e. The lowest BCUT2D eigenvalue weighted by Gasteiger charge is -2.19. The van der Waals surface area contributed by atoms with Crippen LogP contribution in [0.15, 0.2) is 12.1 Å². The monoisotopic (exact) mass is 405 g/mol. The van der Waals surface area contributed by atoms with E-state index in [2.05, 4.69) is 15.2 Å². The highest BCUT2D eigenvalue weighted by Gasteiger charge is 2.24. The van der Waals surface area contributed by atoms with Gasteiger partial charge in [0.2, 0.25) is 0 Å². The van der Waals surface area contributed by atoms with Crippen LogP contribution in [0.4, 0.5) is 21.4 Å². The first-order valence-corrected chi connectivity index (χ1v) is 7.35. The Balaban J connectivity index is 2.74. The molecule has 0 aliphatic carbocycles. The first kappa shape index (κ1) is 18.9. The summed E-state index contributed by atoms with van der Waals surface area (Å²) in [6.07, 6.45) is 0. The van der Waals surface area contributed by atoms with Crippen LogP contribution < -0.4 is 33.2 Å². The third-order valence-electron chi connectivity index (χ3n) is 2.82. The zero-order valence-electron chi connectivity index (χ0n) is 12.2. The SMILES string of the molecule is NC(=O)N(N)c1nnc(-c2cc(Cl)cc(Cl)c2Cl)c(N(N)C(N)=O)n1. The van der Waals surface area contributed by atoms with Gasteiger partial charge in [0.1, 0.15) is 5.69 Å². The summed E-state index contributed by atoms with van der Waals surface area (Å²) < 4.78 is 0. The fraction of sp³-hybridized carbons (Fsp3) is 0. The molecule has 0 unspecified atom stereocenters. The smallest absolute Gasteiger partial charge is 0.336 e. The lowest BCUT2D eigenvalue weighted by molar-refractivity contribution is 0.253. The molecule has 0 saturated carbocycles. The standard InChI is InChI=1S/C11H10Cl3N9O2/c12-3-1-4(6(14)5(13)2-3)7-8(22(17)9(15)24)19-11(21-20-7)23(18)10(16)25/h1-2H,17-18H2,(H2,15,24)(H2,16,25). The first-order chi connectivity index (χ1) is 11.6. The molecule has 132 valence electrons. The molecule has 0 atom stereocenters. The fourth-order valence-electron chi connectivity index (χ4n) is 1.69. The highest BCUT2D eigenvalue weighted by molar-refractivity contribution is 6.45. The molecule has 1 aromatic heterocycles. The summed E-state index contributed by atoms with van der Waals surface area (Å²) in [5.74, 6) is 10.2. The Kier molecular flexibility index (Phi) is 5.45. The summed E-state index contributed by atoms with van der Waals surface area (Å²) in [6.45, 7) is 0. The maximum atomic E-state index is 11.4. The van der Waals surface area contributed by atoms with Crippen molar-refractivity contribution < 1.29 is 9.59 Å². The molecule has 0 saturated heterocycles. The number of anilines is 2. The lowest BCUT2D eigenvalue weighted by Crippen LogP contribution is -2.45. The highest BCUT2D eigenvalue weighted by atomic mass is 35.5. The maximum Gasteiger partial charge on any atom is 0.336 e. The van der Waals surface area contributed by atoms with Gasteiger partial charge in [-0.25, -0.2) is 26.3 Å². The maximum absolute atomic E-state index is 11.4. The number of hydrogen-bond donors (Lipinski definition) is 4. The first-order valence-electron chi connectivity index (χ1n) is 6.21. The number of nitrogens with two attached hydrogens (primary N) is 4. The zero-order chi connectivity index (χ0) is 18.9. The molecule has 2 aromatic rings. The molecule has 2 rings (SSSR count). The van der Waals surface area contributed by atoms with E-state index in [9.17, 15) is 9.59 Å². The molecular weight excluding hydrogens is 397 g/mol. The molecule has 0 radical (unpaired) electrons. The molecule has 0 aliphatic rings. The molecule has 1 aromatic carbocycles. The topological polar surface area (TPSA) is 183 Å². The Bertz CT molecular complexity index is 863. The molecule has 0 spiro atoms. The van der Waals surface area contributed by atoms with Crippen LogP contribution in [0.2, 0.25) is 15.1 Å². The van der Waals surface area contributed by atoms with Gasteiger partial charge in [0.25, 0.3) is 5.95 Å². The van der Waals surface area contributed by atoms with Gasteiger partial charge < -0.3 is 11.5 Å². The van der Waals surface area contributed by atoms with Crippen LogP contribution >= 0.6 is 34.8 Å². The lowest BCUT2D eigenvalue weighted by atomic mass is 10.1. The van der Waals surface area contributed by atoms with E-state index < -0.39 is 18.0 Å². The summed E-state index contributed by atoms with van der Waals surface area (Å²) in [6, 6.07) is 0.632. The minimum atomic E-state index is -1.08. The molecule has 11 nitrogen and oxygen atoms in total. The van der Waals surface area contributed by atoms with E-state index in [-0.39, 0.29) is 32.1 Å². The van der Waals surface area contributed by atoms with Crippen molar-refractivity contribution in [2.24, 2.45) is 23.2 Å². The molecule has 25 heavy (non-hydrogen) atoms. The Hall–Kier alpha value is -2.44. The summed E-state index contributed by atoms with van der Waals surface area (Å²) >= 11 is 18.1. The molecule has 14 heteroatoms. The second-order valence-corrected chi connectivity index (χ2v) is 5.67. The van der Waals surface area contributed by atoms with E-state index in [0.29, 0.717) is 10.0 Å². The number of benzene rings is 1. The van der Waals surface area contributed by atoms with Crippen molar-refractivity contribution in [3.8, 4) is 11.3 Å². The summed E-state index contributed by atoms with van der Waals surface area (Å²) in [5, 5.41) is 8.69. The minimum absolute atomic E-state index is 0.0496.